The lowest BCUT2D eigenvalue weighted by Gasteiger charge is -2.13. The Labute approximate surface area is 179 Å². The zero-order valence-electron chi connectivity index (χ0n) is 16.5. The van der Waals surface area contributed by atoms with Crippen LogP contribution in [0.5, 0.6) is 0 Å². The maximum absolute atomic E-state index is 13.1. The molecule has 2 amide bonds. The molecule has 1 unspecified atom stereocenters. The topological polar surface area (TPSA) is 106 Å². The van der Waals surface area contributed by atoms with Crippen molar-refractivity contribution in [3.63, 3.8) is 0 Å². The summed E-state index contributed by atoms with van der Waals surface area (Å²) in [6.45, 7) is 2.13. The van der Waals surface area contributed by atoms with Crippen LogP contribution in [0.3, 0.4) is 0 Å². The van der Waals surface area contributed by atoms with Crippen molar-refractivity contribution >= 4 is 34.6 Å². The molecule has 0 aliphatic carbocycles. The van der Waals surface area contributed by atoms with Crippen LogP contribution in [0.4, 0.5) is 23.8 Å². The molecule has 1 aliphatic heterocycles. The second-order valence-corrected chi connectivity index (χ2v) is 7.33. The van der Waals surface area contributed by atoms with Crippen molar-refractivity contribution in [1.82, 2.24) is 15.3 Å². The number of alkyl halides is 3. The van der Waals surface area contributed by atoms with Crippen molar-refractivity contribution in [2.75, 3.05) is 24.7 Å². The highest BCUT2D eigenvalue weighted by molar-refractivity contribution is 8.14. The molecule has 0 fully saturated rings. The maximum atomic E-state index is 13.1. The van der Waals surface area contributed by atoms with E-state index in [1.165, 1.54) is 31.6 Å². The summed E-state index contributed by atoms with van der Waals surface area (Å²) < 4.78 is 44.1. The van der Waals surface area contributed by atoms with Gasteiger partial charge in [-0.2, -0.15) is 13.2 Å². The number of anilines is 1. The van der Waals surface area contributed by atoms with Crippen molar-refractivity contribution in [3.8, 4) is 11.1 Å². The number of hydrogen-bond donors (Lipinski definition) is 2. The molecule has 3 heterocycles. The molecule has 12 heteroatoms. The summed E-state index contributed by atoms with van der Waals surface area (Å²) in [6.07, 6.45) is -1.68. The number of pyridine rings is 2. The van der Waals surface area contributed by atoms with Crippen LogP contribution in [0.2, 0.25) is 0 Å². The minimum Gasteiger partial charge on any atom is -0.464 e. The van der Waals surface area contributed by atoms with Gasteiger partial charge in [0.1, 0.15) is 11.5 Å². The number of aromatic nitrogens is 2. The molecular weight excluding hydrogens is 435 g/mol. The third-order valence-corrected chi connectivity index (χ3v) is 5.29. The maximum Gasteiger partial charge on any atom is 0.411 e. The molecule has 8 nitrogen and oxygen atoms in total. The molecule has 31 heavy (non-hydrogen) atoms. The number of carbonyl (C=O) groups is 2. The van der Waals surface area contributed by atoms with E-state index in [-0.39, 0.29) is 22.3 Å². The predicted octanol–water partition coefficient (Wildman–Crippen LogP) is 3.50. The average molecular weight is 453 g/mol. The number of aliphatic imine (C=N–C) groups is 1. The molecular formula is C19H18F3N5O3S. The van der Waals surface area contributed by atoms with Crippen molar-refractivity contribution in [2.45, 2.75) is 19.1 Å². The van der Waals surface area contributed by atoms with Gasteiger partial charge in [-0.3, -0.25) is 10.3 Å². The molecule has 3 rings (SSSR count). The summed E-state index contributed by atoms with van der Waals surface area (Å²) in [5.41, 5.74) is 1.30. The number of hydrogen-bond acceptors (Lipinski definition) is 7. The smallest absolute Gasteiger partial charge is 0.411 e. The number of urea groups is 1. The molecule has 164 valence electrons. The van der Waals surface area contributed by atoms with Crippen LogP contribution in [-0.4, -0.2) is 58.6 Å². The lowest BCUT2D eigenvalue weighted by atomic mass is 10.0. The van der Waals surface area contributed by atoms with Gasteiger partial charge in [0.25, 0.3) is 0 Å². The summed E-state index contributed by atoms with van der Waals surface area (Å²) >= 11 is 0.959. The Morgan fingerprint density at radius 1 is 1.26 bits per heavy atom. The Morgan fingerprint density at radius 2 is 2.03 bits per heavy atom. The number of nitrogens with one attached hydrogen (secondary N) is 2. The van der Waals surface area contributed by atoms with E-state index in [0.717, 1.165) is 11.8 Å². The van der Waals surface area contributed by atoms with Crippen LogP contribution >= 0.6 is 11.8 Å². The molecule has 1 aliphatic rings. The van der Waals surface area contributed by atoms with Gasteiger partial charge in [-0.15, -0.1) is 11.8 Å². The molecule has 0 aromatic carbocycles. The Morgan fingerprint density at radius 3 is 2.68 bits per heavy atom. The zero-order chi connectivity index (χ0) is 22.6. The van der Waals surface area contributed by atoms with E-state index in [4.69, 9.17) is 0 Å². The number of esters is 1. The van der Waals surface area contributed by atoms with Crippen LogP contribution in [0.25, 0.3) is 11.1 Å². The first-order chi connectivity index (χ1) is 14.7. The lowest BCUT2D eigenvalue weighted by Crippen LogP contribution is -2.28. The lowest BCUT2D eigenvalue weighted by molar-refractivity contribution is -0.141. The second kappa shape index (κ2) is 9.33. The first-order valence-electron chi connectivity index (χ1n) is 9.10. The highest BCUT2D eigenvalue weighted by Gasteiger charge is 2.43. The van der Waals surface area contributed by atoms with Gasteiger partial charge in [-0.25, -0.2) is 19.6 Å². The van der Waals surface area contributed by atoms with Crippen LogP contribution in [0.15, 0.2) is 35.6 Å². The van der Waals surface area contributed by atoms with E-state index in [1.54, 1.807) is 13.0 Å². The van der Waals surface area contributed by atoms with Crippen LogP contribution in [-0.2, 0) is 4.74 Å². The largest absolute Gasteiger partial charge is 0.464 e. The van der Waals surface area contributed by atoms with Gasteiger partial charge >= 0.3 is 18.2 Å². The van der Waals surface area contributed by atoms with E-state index in [0.29, 0.717) is 23.2 Å². The Bertz CT molecular complexity index is 1030. The standard InChI is InChI=1S/C19H18F3N5O3S/c1-3-23-18(29)27-15-7-11(16-26-14(9-31-16)19(20,21)22)12(8-25-15)10-4-5-24-13(6-10)17(28)30-2/h4-8,14H,3,9H2,1-2H3,(H2,23,25,27,29). The van der Waals surface area contributed by atoms with Crippen molar-refractivity contribution in [1.29, 1.82) is 0 Å². The summed E-state index contributed by atoms with van der Waals surface area (Å²) in [6, 6.07) is 2.17. The Hall–Kier alpha value is -3.15. The van der Waals surface area contributed by atoms with E-state index < -0.39 is 24.2 Å². The second-order valence-electron chi connectivity index (χ2n) is 6.32. The fraction of sp³-hybridized carbons (Fsp3) is 0.316. The molecule has 2 N–H and O–H groups in total. The molecule has 1 atom stereocenters. The average Bonchev–Trinajstić information content (AvgIpc) is 3.24. The minimum absolute atomic E-state index is 0.0321. The SMILES string of the molecule is CCNC(=O)Nc1cc(C2=NC(C(F)(F)F)CS2)c(-c2ccnc(C(=O)OC)c2)cn1. The van der Waals surface area contributed by atoms with Crippen LogP contribution in [0.1, 0.15) is 23.0 Å². The first-order valence-corrected chi connectivity index (χ1v) is 10.1. The normalized spacial score (nSPS) is 15.9. The summed E-state index contributed by atoms with van der Waals surface area (Å²) in [5, 5.41) is 5.24. The van der Waals surface area contributed by atoms with Crippen molar-refractivity contribution < 1.29 is 27.5 Å². The number of methoxy groups -OCH3 is 1. The quantitative estimate of drug-likeness (QED) is 0.672. The van der Waals surface area contributed by atoms with Gasteiger partial charge in [0.05, 0.1) is 12.2 Å². The minimum atomic E-state index is -4.46. The third kappa shape index (κ3) is 5.32. The summed E-state index contributed by atoms with van der Waals surface area (Å²) in [7, 11) is 1.21. The molecule has 2 aromatic heterocycles. The highest BCUT2D eigenvalue weighted by Crippen LogP contribution is 2.36. The zero-order valence-corrected chi connectivity index (χ0v) is 17.3. The number of carbonyl (C=O) groups excluding carboxylic acids is 2. The molecule has 0 saturated carbocycles. The number of ether oxygens (including phenoxy) is 1. The van der Waals surface area contributed by atoms with E-state index in [2.05, 4.69) is 30.3 Å². The number of amides is 2. The first kappa shape index (κ1) is 22.5. The fourth-order valence-corrected chi connectivity index (χ4v) is 3.86. The summed E-state index contributed by atoms with van der Waals surface area (Å²) in [5.74, 6) is -0.759. The third-order valence-electron chi connectivity index (χ3n) is 4.21. The van der Waals surface area contributed by atoms with Gasteiger partial charge < -0.3 is 10.1 Å². The molecule has 0 bridgehead atoms. The number of nitrogens with zero attached hydrogens (tertiary/aromatic N) is 3. The summed E-state index contributed by atoms with van der Waals surface area (Å²) in [4.78, 5) is 35.6. The van der Waals surface area contributed by atoms with Gasteiger partial charge in [-0.05, 0) is 30.7 Å². The van der Waals surface area contributed by atoms with Gasteiger partial charge in [0.2, 0.25) is 0 Å². The Balaban J connectivity index is 2.07. The van der Waals surface area contributed by atoms with E-state index in [9.17, 15) is 22.8 Å². The Kier molecular flexibility index (Phi) is 6.78. The van der Waals surface area contributed by atoms with Crippen molar-refractivity contribution in [2.24, 2.45) is 4.99 Å². The van der Waals surface area contributed by atoms with E-state index >= 15 is 0 Å². The van der Waals surface area contributed by atoms with Gasteiger partial charge in [0.15, 0.2) is 6.04 Å². The fourth-order valence-electron chi connectivity index (χ4n) is 2.75. The van der Waals surface area contributed by atoms with Crippen LogP contribution < -0.4 is 10.6 Å². The van der Waals surface area contributed by atoms with Gasteiger partial charge in [0, 0.05) is 35.8 Å². The molecule has 0 spiro atoms. The molecule has 0 radical (unpaired) electrons. The predicted molar refractivity (Wildman–Crippen MR) is 110 cm³/mol. The van der Waals surface area contributed by atoms with Gasteiger partial charge in [-0.1, -0.05) is 0 Å². The molecule has 2 aromatic rings. The number of halogens is 3. The highest BCUT2D eigenvalue weighted by atomic mass is 32.2. The van der Waals surface area contributed by atoms with E-state index in [1.807, 2.05) is 0 Å². The van der Waals surface area contributed by atoms with Crippen LogP contribution in [0, 0.1) is 0 Å². The molecule has 0 saturated heterocycles. The number of rotatable bonds is 5. The number of thioether (sulfide) groups is 1. The van der Waals surface area contributed by atoms with Crippen molar-refractivity contribution in [3.05, 3.63) is 41.9 Å². The monoisotopic (exact) mass is 453 g/mol.